The highest BCUT2D eigenvalue weighted by molar-refractivity contribution is 6.62. The van der Waals surface area contributed by atoms with Crippen LogP contribution in [0.2, 0.25) is 0 Å². The molecule has 0 radical (unpaired) electrons. The summed E-state index contributed by atoms with van der Waals surface area (Å²) in [5.74, 6) is 0. The molecule has 0 unspecified atom stereocenters. The molecule has 1 aromatic rings. The summed E-state index contributed by atoms with van der Waals surface area (Å²) in [5, 5.41) is 0. The van der Waals surface area contributed by atoms with Crippen molar-refractivity contribution < 1.29 is 14.0 Å². The van der Waals surface area contributed by atoms with Gasteiger partial charge in [0, 0.05) is 25.9 Å². The van der Waals surface area contributed by atoms with Crippen LogP contribution >= 0.6 is 0 Å². The molecule has 120 valence electrons. The van der Waals surface area contributed by atoms with Gasteiger partial charge in [-0.3, -0.25) is 0 Å². The first-order chi connectivity index (χ1) is 10.2. The maximum atomic E-state index is 6.09. The first-order valence-electron chi connectivity index (χ1n) is 7.92. The summed E-state index contributed by atoms with van der Waals surface area (Å²) in [6.07, 6.45) is 0. The Morgan fingerprint density at radius 2 is 1.45 bits per heavy atom. The predicted octanol–water partition coefficient (Wildman–Crippen LogP) is 2.21. The summed E-state index contributed by atoms with van der Waals surface area (Å²) < 4.78 is 17.7. The van der Waals surface area contributed by atoms with E-state index < -0.39 is 0 Å². The third-order valence-electron chi connectivity index (χ3n) is 5.33. The molecule has 0 spiro atoms. The molecular weight excluding hydrogens is 277 g/mol. The largest absolute Gasteiger partial charge is 0.494 e. The lowest BCUT2D eigenvalue weighted by Crippen LogP contribution is -2.61. The van der Waals surface area contributed by atoms with Crippen LogP contribution in [-0.2, 0) is 14.0 Å². The molecule has 2 heterocycles. The van der Waals surface area contributed by atoms with E-state index in [1.807, 2.05) is 0 Å². The Morgan fingerprint density at radius 1 is 0.955 bits per heavy atom. The lowest BCUT2D eigenvalue weighted by atomic mass is 9.79. The SMILES string of the molecule is COC1(C)CN(c2ccc(B3OC(C)(C)C(C)(C)O3)cc2)C1. The molecule has 2 fully saturated rings. The summed E-state index contributed by atoms with van der Waals surface area (Å²) in [6, 6.07) is 8.46. The van der Waals surface area contributed by atoms with Gasteiger partial charge in [-0.15, -0.1) is 0 Å². The minimum absolute atomic E-state index is 0.00953. The number of hydrogen-bond donors (Lipinski definition) is 0. The lowest BCUT2D eigenvalue weighted by Gasteiger charge is -2.48. The molecule has 2 aliphatic rings. The fourth-order valence-corrected chi connectivity index (χ4v) is 2.89. The van der Waals surface area contributed by atoms with E-state index in [4.69, 9.17) is 14.0 Å². The van der Waals surface area contributed by atoms with Gasteiger partial charge in [-0.05, 0) is 52.2 Å². The zero-order valence-corrected chi connectivity index (χ0v) is 14.5. The maximum absolute atomic E-state index is 6.09. The monoisotopic (exact) mass is 303 g/mol. The zero-order valence-electron chi connectivity index (χ0n) is 14.5. The number of benzene rings is 1. The van der Waals surface area contributed by atoms with E-state index in [1.54, 1.807) is 7.11 Å². The average molecular weight is 303 g/mol. The molecule has 0 bridgehead atoms. The van der Waals surface area contributed by atoms with Gasteiger partial charge in [-0.25, -0.2) is 0 Å². The van der Waals surface area contributed by atoms with Crippen LogP contribution in [0.5, 0.6) is 0 Å². The molecule has 5 heteroatoms. The molecule has 2 aliphatic heterocycles. The first kappa shape index (κ1) is 15.8. The van der Waals surface area contributed by atoms with Crippen molar-refractivity contribution in [1.29, 1.82) is 0 Å². The van der Waals surface area contributed by atoms with Crippen LogP contribution < -0.4 is 10.4 Å². The van der Waals surface area contributed by atoms with Crippen LogP contribution in [0.15, 0.2) is 24.3 Å². The third-order valence-corrected chi connectivity index (χ3v) is 5.33. The molecule has 0 aromatic heterocycles. The fourth-order valence-electron chi connectivity index (χ4n) is 2.89. The third kappa shape index (κ3) is 2.55. The molecule has 0 atom stereocenters. The van der Waals surface area contributed by atoms with E-state index in [0.717, 1.165) is 18.6 Å². The van der Waals surface area contributed by atoms with E-state index in [2.05, 4.69) is 63.8 Å². The Balaban J connectivity index is 1.69. The Morgan fingerprint density at radius 3 is 1.91 bits per heavy atom. The van der Waals surface area contributed by atoms with Crippen LogP contribution in [0, 0.1) is 0 Å². The van der Waals surface area contributed by atoms with Gasteiger partial charge >= 0.3 is 7.12 Å². The minimum atomic E-state index is -0.298. The molecular formula is C17H26BNO3. The Labute approximate surface area is 133 Å². The number of methoxy groups -OCH3 is 1. The van der Waals surface area contributed by atoms with E-state index in [9.17, 15) is 0 Å². The highest BCUT2D eigenvalue weighted by Gasteiger charge is 2.51. The van der Waals surface area contributed by atoms with Crippen molar-refractivity contribution in [2.75, 3.05) is 25.1 Å². The summed E-state index contributed by atoms with van der Waals surface area (Å²) in [7, 11) is 1.48. The van der Waals surface area contributed by atoms with Crippen LogP contribution in [0.1, 0.15) is 34.6 Å². The normalized spacial score (nSPS) is 25.2. The highest BCUT2D eigenvalue weighted by atomic mass is 16.7. The molecule has 4 nitrogen and oxygen atoms in total. The quantitative estimate of drug-likeness (QED) is 0.801. The smallest absolute Gasteiger partial charge is 0.399 e. The Kier molecular flexibility index (Phi) is 3.59. The molecule has 3 rings (SSSR count). The summed E-state index contributed by atoms with van der Waals surface area (Å²) in [5.41, 5.74) is 1.68. The van der Waals surface area contributed by atoms with Crippen molar-refractivity contribution in [3.63, 3.8) is 0 Å². The standard InChI is InChI=1S/C17H26BNO3/c1-15(2)16(3,4)22-18(21-15)13-7-9-14(10-8-13)19-11-17(5,12-19)20-6/h7-10H,11-12H2,1-6H3. The van der Waals surface area contributed by atoms with Gasteiger partial charge in [0.2, 0.25) is 0 Å². The molecule has 0 aliphatic carbocycles. The summed E-state index contributed by atoms with van der Waals surface area (Å²) in [4.78, 5) is 2.32. The second-order valence-electron chi connectivity index (χ2n) is 7.69. The van der Waals surface area contributed by atoms with Crippen LogP contribution in [0.25, 0.3) is 0 Å². The van der Waals surface area contributed by atoms with E-state index in [0.29, 0.717) is 0 Å². The molecule has 0 N–H and O–H groups in total. The van der Waals surface area contributed by atoms with Crippen molar-refractivity contribution in [3.8, 4) is 0 Å². The molecule has 1 aromatic carbocycles. The van der Waals surface area contributed by atoms with Crippen molar-refractivity contribution >= 4 is 18.3 Å². The second-order valence-corrected chi connectivity index (χ2v) is 7.69. The number of anilines is 1. The van der Waals surface area contributed by atoms with Crippen LogP contribution in [0.3, 0.4) is 0 Å². The van der Waals surface area contributed by atoms with Gasteiger partial charge in [-0.2, -0.15) is 0 Å². The molecule has 22 heavy (non-hydrogen) atoms. The first-order valence-corrected chi connectivity index (χ1v) is 7.92. The number of hydrogen-bond acceptors (Lipinski definition) is 4. The van der Waals surface area contributed by atoms with Crippen molar-refractivity contribution in [2.45, 2.75) is 51.4 Å². The topological polar surface area (TPSA) is 30.9 Å². The molecule has 2 saturated heterocycles. The van der Waals surface area contributed by atoms with Crippen LogP contribution in [-0.4, -0.2) is 44.1 Å². The van der Waals surface area contributed by atoms with E-state index in [-0.39, 0.29) is 23.9 Å². The predicted molar refractivity (Wildman–Crippen MR) is 89.8 cm³/mol. The maximum Gasteiger partial charge on any atom is 0.494 e. The van der Waals surface area contributed by atoms with Gasteiger partial charge in [0.15, 0.2) is 0 Å². The number of rotatable bonds is 3. The number of nitrogens with zero attached hydrogens (tertiary/aromatic N) is 1. The fraction of sp³-hybridized carbons (Fsp3) is 0.647. The van der Waals surface area contributed by atoms with Gasteiger partial charge < -0.3 is 18.9 Å². The minimum Gasteiger partial charge on any atom is -0.399 e. The van der Waals surface area contributed by atoms with Gasteiger partial charge in [0.05, 0.1) is 16.8 Å². The van der Waals surface area contributed by atoms with Crippen molar-refractivity contribution in [1.82, 2.24) is 0 Å². The summed E-state index contributed by atoms with van der Waals surface area (Å²) in [6.45, 7) is 12.3. The van der Waals surface area contributed by atoms with Crippen LogP contribution in [0.4, 0.5) is 5.69 Å². The lowest BCUT2D eigenvalue weighted by molar-refractivity contribution is -0.0167. The zero-order chi connectivity index (χ0) is 16.2. The average Bonchev–Trinajstić information content (AvgIpc) is 2.64. The van der Waals surface area contributed by atoms with E-state index in [1.165, 1.54) is 5.69 Å². The Hall–Kier alpha value is -1.04. The molecule has 0 saturated carbocycles. The van der Waals surface area contributed by atoms with Gasteiger partial charge in [0.1, 0.15) is 0 Å². The van der Waals surface area contributed by atoms with Gasteiger partial charge in [0.25, 0.3) is 0 Å². The second kappa shape index (κ2) is 4.98. The molecule has 0 amide bonds. The van der Waals surface area contributed by atoms with E-state index >= 15 is 0 Å². The van der Waals surface area contributed by atoms with Crippen molar-refractivity contribution in [2.24, 2.45) is 0 Å². The number of ether oxygens (including phenoxy) is 1. The highest BCUT2D eigenvalue weighted by Crippen LogP contribution is 2.36. The van der Waals surface area contributed by atoms with Gasteiger partial charge in [-0.1, -0.05) is 12.1 Å². The Bertz CT molecular complexity index is 534. The summed E-state index contributed by atoms with van der Waals surface area (Å²) >= 11 is 0. The van der Waals surface area contributed by atoms with Crippen molar-refractivity contribution in [3.05, 3.63) is 24.3 Å².